The Labute approximate surface area is 312 Å². The molecular formula is C38H44Cl2N2O6S2. The van der Waals surface area contributed by atoms with Crippen molar-refractivity contribution in [2.24, 2.45) is 0 Å². The van der Waals surface area contributed by atoms with Gasteiger partial charge in [0.1, 0.15) is 50.0 Å². The third-order valence-corrected chi connectivity index (χ3v) is 9.80. The number of hydrogen-bond donors (Lipinski definition) is 2. The van der Waals surface area contributed by atoms with Gasteiger partial charge in [0.05, 0.1) is 42.3 Å². The van der Waals surface area contributed by atoms with Gasteiger partial charge in [-0.1, -0.05) is 24.3 Å². The average molecular weight is 760 g/mol. The normalized spacial score (nSPS) is 12.8. The van der Waals surface area contributed by atoms with Gasteiger partial charge in [0.2, 0.25) is 0 Å². The fraction of sp³-hybridized carbons (Fsp3) is 0.316. The standard InChI is InChI=1S/2C19H22NO3S.2ClH/c2*1-20(2,3)11-13(21)12-23-14-8-9-18-16(10-14)19(22)15-6-4-5-7-17(15)24-18;;/h2*4-10,13,21H,11-12H2,1-3H3;2*1H/q2*+1;;/p-2. The number of benzene rings is 4. The highest BCUT2D eigenvalue weighted by molar-refractivity contribution is 7.24. The van der Waals surface area contributed by atoms with E-state index in [0.29, 0.717) is 44.3 Å². The molecule has 0 radical (unpaired) electrons. The van der Waals surface area contributed by atoms with Crippen LogP contribution in [0.25, 0.3) is 40.3 Å². The van der Waals surface area contributed by atoms with Crippen LogP contribution in [0.3, 0.4) is 0 Å². The van der Waals surface area contributed by atoms with E-state index in [-0.39, 0.29) is 48.9 Å². The summed E-state index contributed by atoms with van der Waals surface area (Å²) in [6.07, 6.45) is -1.10. The first-order valence-electron chi connectivity index (χ1n) is 15.8. The molecule has 0 amide bonds. The van der Waals surface area contributed by atoms with Gasteiger partial charge in [-0.05, 0) is 60.7 Å². The SMILES string of the molecule is C[N+](C)(C)CC(O)COc1ccc2sc3ccccc3c(=O)c2c1.C[N+](C)(C)CC(O)COc1ccc2sc3ccccc3c(=O)c2c1.[Cl-].[Cl-]. The Morgan fingerprint density at radius 1 is 0.540 bits per heavy atom. The quantitative estimate of drug-likeness (QED) is 0.148. The summed E-state index contributed by atoms with van der Waals surface area (Å²) >= 11 is 3.20. The van der Waals surface area contributed by atoms with Gasteiger partial charge in [-0.3, -0.25) is 9.59 Å². The molecule has 0 saturated carbocycles. The summed E-state index contributed by atoms with van der Waals surface area (Å²) in [7, 11) is 12.1. The van der Waals surface area contributed by atoms with E-state index >= 15 is 0 Å². The maximum Gasteiger partial charge on any atom is 0.196 e. The molecule has 2 heterocycles. The van der Waals surface area contributed by atoms with Crippen molar-refractivity contribution in [2.45, 2.75) is 12.2 Å². The molecule has 8 nitrogen and oxygen atoms in total. The second kappa shape index (κ2) is 17.3. The first-order chi connectivity index (χ1) is 22.7. The van der Waals surface area contributed by atoms with Crippen LogP contribution in [0.4, 0.5) is 0 Å². The third kappa shape index (κ3) is 10.8. The molecule has 2 N–H and O–H groups in total. The molecule has 0 aliphatic heterocycles. The summed E-state index contributed by atoms with van der Waals surface area (Å²) in [6, 6.07) is 26.4. The van der Waals surface area contributed by atoms with Crippen molar-refractivity contribution in [1.29, 1.82) is 0 Å². The lowest BCUT2D eigenvalue weighted by molar-refractivity contribution is -0.873. The number of aliphatic hydroxyl groups is 2. The average Bonchev–Trinajstić information content (AvgIpc) is 3.02. The Morgan fingerprint density at radius 3 is 1.24 bits per heavy atom. The van der Waals surface area contributed by atoms with Gasteiger partial charge < -0.3 is 53.5 Å². The zero-order valence-corrected chi connectivity index (χ0v) is 32.2. The minimum atomic E-state index is -0.549. The first kappa shape index (κ1) is 41.1. The predicted molar refractivity (Wildman–Crippen MR) is 200 cm³/mol. The summed E-state index contributed by atoms with van der Waals surface area (Å²) in [5.41, 5.74) is 0.0495. The molecule has 6 rings (SSSR count). The molecule has 0 spiro atoms. The molecule has 50 heavy (non-hydrogen) atoms. The minimum absolute atomic E-state index is 0. The number of quaternary nitrogens is 2. The molecule has 0 saturated heterocycles. The lowest BCUT2D eigenvalue weighted by Gasteiger charge is -2.26. The molecule has 0 aliphatic carbocycles. The van der Waals surface area contributed by atoms with Crippen molar-refractivity contribution in [2.75, 3.05) is 68.6 Å². The van der Waals surface area contributed by atoms with Crippen molar-refractivity contribution >= 4 is 63.0 Å². The number of fused-ring (bicyclic) bond motifs is 4. The molecule has 0 bridgehead atoms. The molecule has 268 valence electrons. The van der Waals surface area contributed by atoms with Crippen molar-refractivity contribution in [1.82, 2.24) is 0 Å². The highest BCUT2D eigenvalue weighted by atomic mass is 35.5. The maximum absolute atomic E-state index is 12.7. The largest absolute Gasteiger partial charge is 1.00 e. The van der Waals surface area contributed by atoms with E-state index < -0.39 is 12.2 Å². The fourth-order valence-corrected chi connectivity index (χ4v) is 7.60. The summed E-state index contributed by atoms with van der Waals surface area (Å²) in [6.45, 7) is 1.64. The van der Waals surface area contributed by atoms with Gasteiger partial charge in [0, 0.05) is 40.3 Å². The highest BCUT2D eigenvalue weighted by Crippen LogP contribution is 2.28. The molecule has 2 atom stereocenters. The van der Waals surface area contributed by atoms with E-state index in [0.717, 1.165) is 29.6 Å². The van der Waals surface area contributed by atoms with Gasteiger partial charge in [0.25, 0.3) is 0 Å². The Bertz CT molecular complexity index is 2020. The zero-order valence-electron chi connectivity index (χ0n) is 29.1. The van der Waals surface area contributed by atoms with Crippen LogP contribution in [0.15, 0.2) is 94.5 Å². The van der Waals surface area contributed by atoms with Crippen LogP contribution >= 0.6 is 22.7 Å². The second-order valence-electron chi connectivity index (χ2n) is 14.0. The van der Waals surface area contributed by atoms with Gasteiger partial charge in [-0.2, -0.15) is 0 Å². The van der Waals surface area contributed by atoms with Crippen molar-refractivity contribution in [3.05, 3.63) is 105 Å². The molecule has 2 unspecified atom stereocenters. The molecule has 0 aliphatic rings. The molecular weight excluding hydrogens is 715 g/mol. The van der Waals surface area contributed by atoms with Crippen LogP contribution in [0.5, 0.6) is 11.5 Å². The smallest absolute Gasteiger partial charge is 0.196 e. The summed E-state index contributed by atoms with van der Waals surface area (Å²) in [4.78, 5) is 25.3. The van der Waals surface area contributed by atoms with E-state index in [1.54, 1.807) is 34.8 Å². The monoisotopic (exact) mass is 758 g/mol. The van der Waals surface area contributed by atoms with Gasteiger partial charge >= 0.3 is 0 Å². The van der Waals surface area contributed by atoms with E-state index in [9.17, 15) is 19.8 Å². The minimum Gasteiger partial charge on any atom is -1.00 e. The maximum atomic E-state index is 12.7. The van der Waals surface area contributed by atoms with Crippen LogP contribution in [-0.2, 0) is 0 Å². The Hall–Kier alpha value is -3.32. The first-order valence-corrected chi connectivity index (χ1v) is 17.4. The molecule has 12 heteroatoms. The Kier molecular flexibility index (Phi) is 14.2. The van der Waals surface area contributed by atoms with Crippen molar-refractivity contribution < 1.29 is 53.5 Å². The van der Waals surface area contributed by atoms with Crippen LogP contribution < -0.4 is 45.1 Å². The van der Waals surface area contributed by atoms with Crippen LogP contribution in [0, 0.1) is 0 Å². The van der Waals surface area contributed by atoms with E-state index in [1.807, 2.05) is 115 Å². The molecule has 0 fully saturated rings. The van der Waals surface area contributed by atoms with E-state index in [1.165, 1.54) is 0 Å². The number of ether oxygens (including phenoxy) is 2. The second-order valence-corrected chi connectivity index (χ2v) is 16.2. The molecule has 2 aromatic heterocycles. The van der Waals surface area contributed by atoms with E-state index in [4.69, 9.17) is 9.47 Å². The third-order valence-electron chi connectivity index (χ3n) is 7.50. The summed E-state index contributed by atoms with van der Waals surface area (Å²) in [5, 5.41) is 22.9. The van der Waals surface area contributed by atoms with Crippen molar-refractivity contribution in [3.8, 4) is 11.5 Å². The number of likely N-dealkylation sites (N-methyl/N-ethyl adjacent to an activating group) is 2. The summed E-state index contributed by atoms with van der Waals surface area (Å²) < 4.78 is 16.6. The van der Waals surface area contributed by atoms with Gasteiger partial charge in [-0.25, -0.2) is 0 Å². The lowest BCUT2D eigenvalue weighted by Crippen LogP contribution is -3.00. The topological polar surface area (TPSA) is 93.1 Å². The van der Waals surface area contributed by atoms with Crippen molar-refractivity contribution in [3.63, 3.8) is 0 Å². The number of halogens is 2. The van der Waals surface area contributed by atoms with Gasteiger partial charge in [-0.15, -0.1) is 22.7 Å². The molecule has 6 aromatic rings. The van der Waals surface area contributed by atoms with Crippen LogP contribution in [0.2, 0.25) is 0 Å². The Balaban J connectivity index is 0.000000260. The number of nitrogens with zero attached hydrogens (tertiary/aromatic N) is 2. The number of hydrogen-bond acceptors (Lipinski definition) is 8. The fourth-order valence-electron chi connectivity index (χ4n) is 5.50. The molecule has 4 aromatic carbocycles. The Morgan fingerprint density at radius 2 is 0.880 bits per heavy atom. The highest BCUT2D eigenvalue weighted by Gasteiger charge is 2.17. The van der Waals surface area contributed by atoms with E-state index in [2.05, 4.69) is 0 Å². The number of aliphatic hydroxyl groups excluding tert-OH is 2. The lowest BCUT2D eigenvalue weighted by atomic mass is 10.2. The van der Waals surface area contributed by atoms with Crippen LogP contribution in [-0.4, -0.2) is 100.0 Å². The number of rotatable bonds is 10. The van der Waals surface area contributed by atoms with Gasteiger partial charge in [0.15, 0.2) is 10.9 Å². The zero-order chi connectivity index (χ0) is 34.6. The summed E-state index contributed by atoms with van der Waals surface area (Å²) in [5.74, 6) is 1.23. The predicted octanol–water partition coefficient (Wildman–Crippen LogP) is -0.271. The van der Waals surface area contributed by atoms with Crippen LogP contribution in [0.1, 0.15) is 0 Å².